The van der Waals surface area contributed by atoms with Gasteiger partial charge >= 0.3 is 0 Å². The molecular weight excluding hydrogens is 406 g/mol. The van der Waals surface area contributed by atoms with Gasteiger partial charge in [0.1, 0.15) is 6.04 Å². The van der Waals surface area contributed by atoms with Gasteiger partial charge < -0.3 is 19.9 Å². The van der Waals surface area contributed by atoms with Gasteiger partial charge in [-0.2, -0.15) is 0 Å². The van der Waals surface area contributed by atoms with Crippen LogP contribution in [0.15, 0.2) is 0 Å². The maximum atomic E-state index is 13.5. The maximum Gasteiger partial charge on any atom is 0.241 e. The number of carbonyl (C=O) groups is 2. The number of nitrogens with zero attached hydrogens (tertiary/aromatic N) is 2. The Morgan fingerprint density at radius 3 is 2.62 bits per heavy atom. The van der Waals surface area contributed by atoms with Gasteiger partial charge in [-0.1, -0.05) is 12.8 Å². The SMILES string of the molecule is CC(C)OCC1(N(C)C(=O)C2NNC3CCN(C(=O)C4CC5CCCCC5N4)CC32)CC1. The molecule has 6 unspecified atom stereocenters. The van der Waals surface area contributed by atoms with Crippen LogP contribution in [0, 0.1) is 11.8 Å². The van der Waals surface area contributed by atoms with Gasteiger partial charge in [0, 0.05) is 38.1 Å². The molecule has 0 aromatic heterocycles. The highest BCUT2D eigenvalue weighted by molar-refractivity contribution is 5.85. The zero-order chi connectivity index (χ0) is 22.5. The van der Waals surface area contributed by atoms with E-state index < -0.39 is 0 Å². The number of rotatable bonds is 6. The molecule has 0 spiro atoms. The average molecular weight is 448 g/mol. The predicted octanol–water partition coefficient (Wildman–Crippen LogP) is 1.02. The number of piperidine rings is 1. The van der Waals surface area contributed by atoms with E-state index in [0.29, 0.717) is 25.1 Å². The van der Waals surface area contributed by atoms with Crippen LogP contribution in [0.4, 0.5) is 0 Å². The molecule has 3 aliphatic heterocycles. The lowest BCUT2D eigenvalue weighted by molar-refractivity contribution is -0.140. The summed E-state index contributed by atoms with van der Waals surface area (Å²) in [6.07, 6.45) is 9.07. The molecule has 8 heteroatoms. The van der Waals surface area contributed by atoms with Gasteiger partial charge in [-0.3, -0.25) is 15.0 Å². The molecule has 2 amide bonds. The van der Waals surface area contributed by atoms with Crippen molar-refractivity contribution in [3.63, 3.8) is 0 Å². The van der Waals surface area contributed by atoms with Crippen LogP contribution >= 0.6 is 0 Å². The highest BCUT2D eigenvalue weighted by Gasteiger charge is 2.53. The van der Waals surface area contributed by atoms with Crippen molar-refractivity contribution in [1.82, 2.24) is 26.0 Å². The standard InChI is InChI=1S/C24H41N5O3/c1-15(2)32-14-24(9-10-24)28(3)23(31)21-17-13-29(11-8-19(17)26-27-21)22(30)20-12-16-6-4-5-7-18(16)25-20/h15-21,25-27H,4-14H2,1-3H3. The number of likely N-dealkylation sites (N-methyl/N-ethyl adjacent to an activating group) is 1. The largest absolute Gasteiger partial charge is 0.376 e. The molecule has 0 radical (unpaired) electrons. The number of likely N-dealkylation sites (tertiary alicyclic amines) is 1. The number of ether oxygens (including phenoxy) is 1. The Bertz CT molecular complexity index is 712. The molecule has 5 rings (SSSR count). The quantitative estimate of drug-likeness (QED) is 0.564. The first-order chi connectivity index (χ1) is 15.4. The van der Waals surface area contributed by atoms with Crippen LogP contribution in [0.5, 0.6) is 0 Å². The second-order valence-electron chi connectivity index (χ2n) is 11.2. The molecular formula is C24H41N5O3. The topological polar surface area (TPSA) is 85.9 Å². The van der Waals surface area contributed by atoms with Crippen LogP contribution in [0.1, 0.15) is 65.2 Å². The van der Waals surface area contributed by atoms with Gasteiger partial charge in [-0.25, -0.2) is 5.43 Å². The summed E-state index contributed by atoms with van der Waals surface area (Å²) >= 11 is 0. The Balaban J connectivity index is 1.21. The van der Waals surface area contributed by atoms with Crippen LogP contribution in [-0.4, -0.2) is 84.2 Å². The van der Waals surface area contributed by atoms with Crippen LogP contribution in [-0.2, 0) is 14.3 Å². The molecule has 0 bridgehead atoms. The van der Waals surface area contributed by atoms with Crippen molar-refractivity contribution in [2.24, 2.45) is 11.8 Å². The first-order valence-corrected chi connectivity index (χ1v) is 12.8. The Labute approximate surface area is 192 Å². The lowest BCUT2D eigenvalue weighted by atomic mass is 9.84. The minimum absolute atomic E-state index is 0.0401. The lowest BCUT2D eigenvalue weighted by Gasteiger charge is -2.38. The first kappa shape index (κ1) is 22.6. The molecule has 2 aliphatic carbocycles. The molecule has 3 heterocycles. The fourth-order valence-electron chi connectivity index (χ4n) is 6.46. The summed E-state index contributed by atoms with van der Waals surface area (Å²) in [5.41, 5.74) is 6.47. The summed E-state index contributed by atoms with van der Waals surface area (Å²) < 4.78 is 5.87. The van der Waals surface area contributed by atoms with Crippen molar-refractivity contribution in [2.75, 3.05) is 26.7 Å². The van der Waals surface area contributed by atoms with Crippen LogP contribution in [0.25, 0.3) is 0 Å². The molecule has 3 N–H and O–H groups in total. The van der Waals surface area contributed by atoms with Crippen LogP contribution < -0.4 is 16.2 Å². The molecule has 3 saturated heterocycles. The summed E-state index contributed by atoms with van der Waals surface area (Å²) in [4.78, 5) is 30.8. The molecule has 5 fully saturated rings. The Hall–Kier alpha value is -1.22. The summed E-state index contributed by atoms with van der Waals surface area (Å²) in [5, 5.41) is 3.64. The summed E-state index contributed by atoms with van der Waals surface area (Å²) in [6, 6.07) is 0.427. The molecule has 0 aromatic carbocycles. The van der Waals surface area contributed by atoms with Crippen molar-refractivity contribution in [1.29, 1.82) is 0 Å². The number of hydrogen-bond donors (Lipinski definition) is 3. The Kier molecular flexibility index (Phi) is 6.24. The fraction of sp³-hybridized carbons (Fsp3) is 0.917. The van der Waals surface area contributed by atoms with Crippen molar-refractivity contribution in [2.45, 2.75) is 101 Å². The van der Waals surface area contributed by atoms with E-state index in [4.69, 9.17) is 4.74 Å². The van der Waals surface area contributed by atoms with Crippen molar-refractivity contribution < 1.29 is 14.3 Å². The summed E-state index contributed by atoms with van der Waals surface area (Å²) in [6.45, 7) is 6.09. The summed E-state index contributed by atoms with van der Waals surface area (Å²) in [5.74, 6) is 1.13. The monoisotopic (exact) mass is 447 g/mol. The highest BCUT2D eigenvalue weighted by Crippen LogP contribution is 2.42. The van der Waals surface area contributed by atoms with E-state index in [2.05, 4.69) is 16.2 Å². The maximum absolute atomic E-state index is 13.5. The number of amides is 2. The first-order valence-electron chi connectivity index (χ1n) is 12.8. The number of carbonyl (C=O) groups excluding carboxylic acids is 2. The van der Waals surface area contributed by atoms with Gasteiger partial charge in [0.05, 0.1) is 24.3 Å². The molecule has 32 heavy (non-hydrogen) atoms. The zero-order valence-corrected chi connectivity index (χ0v) is 19.9. The third-order valence-electron chi connectivity index (χ3n) is 8.80. The highest BCUT2D eigenvalue weighted by atomic mass is 16.5. The minimum atomic E-state index is -0.295. The van der Waals surface area contributed by atoms with E-state index in [9.17, 15) is 9.59 Å². The van der Waals surface area contributed by atoms with Crippen molar-refractivity contribution >= 4 is 11.8 Å². The normalized spacial score (nSPS) is 37.8. The van der Waals surface area contributed by atoms with Gasteiger partial charge in [0.15, 0.2) is 0 Å². The number of hydrazine groups is 1. The fourth-order valence-corrected chi connectivity index (χ4v) is 6.46. The molecule has 180 valence electrons. The van der Waals surface area contributed by atoms with Gasteiger partial charge in [-0.05, 0) is 58.3 Å². The number of fused-ring (bicyclic) bond motifs is 2. The zero-order valence-electron chi connectivity index (χ0n) is 19.9. The van der Waals surface area contributed by atoms with Crippen molar-refractivity contribution in [3.05, 3.63) is 0 Å². The summed E-state index contributed by atoms with van der Waals surface area (Å²) in [7, 11) is 1.92. The van der Waals surface area contributed by atoms with E-state index in [0.717, 1.165) is 32.2 Å². The van der Waals surface area contributed by atoms with E-state index in [-0.39, 0.29) is 47.5 Å². The van der Waals surface area contributed by atoms with E-state index in [1.165, 1.54) is 25.7 Å². The minimum Gasteiger partial charge on any atom is -0.376 e. The second kappa shape index (κ2) is 8.85. The number of nitrogens with one attached hydrogen (secondary N) is 3. The Morgan fingerprint density at radius 2 is 1.91 bits per heavy atom. The van der Waals surface area contributed by atoms with Gasteiger partial charge in [-0.15, -0.1) is 0 Å². The third-order valence-corrected chi connectivity index (χ3v) is 8.80. The third kappa shape index (κ3) is 4.19. The molecule has 0 aromatic rings. The smallest absolute Gasteiger partial charge is 0.241 e. The average Bonchev–Trinajstić information content (AvgIpc) is 3.27. The van der Waals surface area contributed by atoms with E-state index in [1.54, 1.807) is 0 Å². The molecule has 8 nitrogen and oxygen atoms in total. The lowest BCUT2D eigenvalue weighted by Crippen LogP contribution is -2.56. The molecule has 6 atom stereocenters. The second-order valence-corrected chi connectivity index (χ2v) is 11.2. The van der Waals surface area contributed by atoms with E-state index in [1.807, 2.05) is 30.7 Å². The molecule has 5 aliphatic rings. The number of hydrogen-bond acceptors (Lipinski definition) is 6. The van der Waals surface area contributed by atoms with Gasteiger partial charge in [0.2, 0.25) is 11.8 Å². The van der Waals surface area contributed by atoms with Gasteiger partial charge in [0.25, 0.3) is 0 Å². The van der Waals surface area contributed by atoms with E-state index >= 15 is 0 Å². The van der Waals surface area contributed by atoms with Crippen LogP contribution in [0.2, 0.25) is 0 Å². The van der Waals surface area contributed by atoms with Crippen molar-refractivity contribution in [3.8, 4) is 0 Å². The predicted molar refractivity (Wildman–Crippen MR) is 122 cm³/mol. The molecule has 2 saturated carbocycles. The Morgan fingerprint density at radius 1 is 1.12 bits per heavy atom. The van der Waals surface area contributed by atoms with Crippen LogP contribution in [0.3, 0.4) is 0 Å².